The third-order valence-electron chi connectivity index (χ3n) is 0. The van der Waals surface area contributed by atoms with Crippen LogP contribution >= 0.6 is 12.6 Å². The van der Waals surface area contributed by atoms with E-state index in [1.54, 1.807) is 0 Å². The Morgan fingerprint density at radius 1 is 1.80 bits per heavy atom. The van der Waals surface area contributed by atoms with Gasteiger partial charge >= 0.3 is 2.85 Å². The summed E-state index contributed by atoms with van der Waals surface area (Å²) >= 11 is 3.01. The van der Waals surface area contributed by atoms with Gasteiger partial charge in [-0.2, -0.15) is 5.12 Å². The maximum atomic E-state index is 9.41. The Kier molecular flexibility index (Phi) is 1.22. The topological polar surface area (TPSA) is 46.1 Å². The first-order valence-corrected chi connectivity index (χ1v) is 1.58. The molecule has 0 unspecified atom stereocenters. The van der Waals surface area contributed by atoms with Gasteiger partial charge in [0.25, 0.3) is 0 Å². The molecular weight excluding hydrogens is 88.1 g/mol. The van der Waals surface area contributed by atoms with Crippen LogP contribution in [0.15, 0.2) is 0 Å². The number of hydrogen-bond donors (Lipinski definition) is 1. The summed E-state index contributed by atoms with van der Waals surface area (Å²) in [5.41, 5.74) is 0. The number of rotatable bonds is 0. The zero-order valence-electron chi connectivity index (χ0n) is 4.76. The molecule has 0 bridgehead atoms. The van der Waals surface area contributed by atoms with Crippen molar-refractivity contribution in [1.29, 1.82) is 0 Å². The molecule has 0 aromatic carbocycles. The number of hydrogen-bond acceptors (Lipinski definition) is 3. The first-order valence-electron chi connectivity index (χ1n) is 1.13. The molecule has 0 amide bonds. The van der Waals surface area contributed by atoms with Crippen molar-refractivity contribution in [2.24, 2.45) is 0 Å². The molecule has 32 valence electrons. The van der Waals surface area contributed by atoms with Gasteiger partial charge in [0, 0.05) is 0 Å². The minimum Gasteiger partial charge on any atom is -0.855 e. The third-order valence-corrected chi connectivity index (χ3v) is 0. The molecule has 0 spiro atoms. The third kappa shape index (κ3) is 302. The van der Waals surface area contributed by atoms with Crippen molar-refractivity contribution in [3.63, 3.8) is 0 Å². The van der Waals surface area contributed by atoms with E-state index < -0.39 is 5.12 Å². The summed E-state index contributed by atoms with van der Waals surface area (Å²) in [7, 11) is 0. The van der Waals surface area contributed by atoms with Crippen LogP contribution in [-0.4, -0.2) is 5.12 Å². The predicted octanol–water partition coefficient (Wildman–Crippen LogP) is -1.46. The Morgan fingerprint density at radius 3 is 1.80 bits per heavy atom. The van der Waals surface area contributed by atoms with Crippen LogP contribution in [0.4, 0.5) is 0 Å². The molecular formula is C2H6O2S. The maximum Gasteiger partial charge on any atom is 1.00 e. The quantitative estimate of drug-likeness (QED) is 0.294. The van der Waals surface area contributed by atoms with Gasteiger partial charge in [-0.05, 0) is 0 Å². The summed E-state index contributed by atoms with van der Waals surface area (Å²) in [6, 6.07) is 0. The van der Waals surface area contributed by atoms with E-state index in [-0.39, 0.29) is 2.85 Å². The average molecular weight is 94.1 g/mol. The molecule has 0 aliphatic rings. The van der Waals surface area contributed by atoms with E-state index in [4.69, 9.17) is 0 Å². The van der Waals surface area contributed by atoms with Gasteiger partial charge in [0.15, 0.2) is 0 Å². The van der Waals surface area contributed by atoms with Crippen LogP contribution in [0.5, 0.6) is 0 Å². The van der Waals surface area contributed by atoms with Crippen LogP contribution in [-0.2, 0) is 0 Å². The van der Waals surface area contributed by atoms with Crippen molar-refractivity contribution >= 4 is 12.6 Å². The highest BCUT2D eigenvalue weighted by atomic mass is 32.1. The van der Waals surface area contributed by atoms with Gasteiger partial charge < -0.3 is 10.2 Å². The van der Waals surface area contributed by atoms with Crippen LogP contribution in [0.25, 0.3) is 0 Å². The molecule has 0 saturated carbocycles. The highest BCUT2D eigenvalue weighted by Crippen LogP contribution is 1.86. The van der Waals surface area contributed by atoms with Gasteiger partial charge in [-0.3, -0.25) is 0 Å². The molecule has 0 fully saturated rings. The van der Waals surface area contributed by atoms with Crippen LogP contribution < -0.4 is 10.2 Å². The van der Waals surface area contributed by atoms with Crippen molar-refractivity contribution in [3.8, 4) is 0 Å². The Balaban J connectivity index is -0.0000000800. The van der Waals surface area contributed by atoms with Crippen LogP contribution in [0.2, 0.25) is 0 Å². The monoisotopic (exact) mass is 94.0 g/mol. The molecule has 0 heterocycles. The summed E-state index contributed by atoms with van der Waals surface area (Å²) in [6.07, 6.45) is 0. The fourth-order valence-corrected chi connectivity index (χ4v) is 0. The van der Waals surface area contributed by atoms with Crippen molar-refractivity contribution in [2.75, 3.05) is 0 Å². The van der Waals surface area contributed by atoms with E-state index in [1.165, 1.54) is 0 Å². The lowest BCUT2D eigenvalue weighted by molar-refractivity contribution is -0.672. The SMILES string of the molecule is CC([O-])([O-])S.[H+].[H+]. The molecule has 0 N–H and O–H groups in total. The van der Waals surface area contributed by atoms with E-state index in [1.807, 2.05) is 0 Å². The van der Waals surface area contributed by atoms with E-state index in [2.05, 4.69) is 12.6 Å². The summed E-state index contributed by atoms with van der Waals surface area (Å²) in [5, 5.41) is 16.5. The number of thiol groups is 1. The highest BCUT2D eigenvalue weighted by Gasteiger charge is 1.70. The lowest BCUT2D eigenvalue weighted by Crippen LogP contribution is -2.47. The summed E-state index contributed by atoms with van der Waals surface area (Å²) < 4.78 is 0. The van der Waals surface area contributed by atoms with Crippen molar-refractivity contribution in [1.82, 2.24) is 0 Å². The van der Waals surface area contributed by atoms with Crippen molar-refractivity contribution in [2.45, 2.75) is 12.0 Å². The molecule has 0 rings (SSSR count). The van der Waals surface area contributed by atoms with Gasteiger partial charge in [-0.25, -0.2) is 12.6 Å². The predicted molar refractivity (Wildman–Crippen MR) is 19.6 cm³/mol. The molecule has 2 nitrogen and oxygen atoms in total. The zero-order valence-corrected chi connectivity index (χ0v) is 3.66. The van der Waals surface area contributed by atoms with Gasteiger partial charge in [0.1, 0.15) is 0 Å². The zero-order chi connectivity index (χ0) is 4.50. The normalized spacial score (nSPS) is 12.0. The highest BCUT2D eigenvalue weighted by molar-refractivity contribution is 7.81. The summed E-state index contributed by atoms with van der Waals surface area (Å²) in [4.78, 5) is 0. The van der Waals surface area contributed by atoms with Crippen LogP contribution in [0, 0.1) is 0 Å². The molecule has 0 radical (unpaired) electrons. The molecule has 0 aromatic heterocycles. The minimum absolute atomic E-state index is 0. The first kappa shape index (κ1) is 5.27. The second-order valence-corrected chi connectivity index (χ2v) is 1.71. The van der Waals surface area contributed by atoms with Gasteiger partial charge in [0.05, 0.1) is 0 Å². The minimum atomic E-state index is -2.31. The van der Waals surface area contributed by atoms with Gasteiger partial charge in [-0.1, -0.05) is 6.92 Å². The van der Waals surface area contributed by atoms with E-state index >= 15 is 0 Å². The van der Waals surface area contributed by atoms with Gasteiger partial charge in [0.2, 0.25) is 0 Å². The standard InChI is InChI=1S/C2H4O2S/c1-2(3,4)5/h5H,1H3/q-2/p+2. The van der Waals surface area contributed by atoms with Crippen LogP contribution in [0.3, 0.4) is 0 Å². The molecule has 0 saturated heterocycles. The molecule has 5 heavy (non-hydrogen) atoms. The Labute approximate surface area is 38.8 Å². The summed E-state index contributed by atoms with van der Waals surface area (Å²) in [6.45, 7) is 0.941. The van der Waals surface area contributed by atoms with Gasteiger partial charge in [-0.15, -0.1) is 0 Å². The van der Waals surface area contributed by atoms with Crippen LogP contribution in [0.1, 0.15) is 9.78 Å². The van der Waals surface area contributed by atoms with Crippen molar-refractivity contribution in [3.05, 3.63) is 0 Å². The molecule has 0 aromatic rings. The Hall–Kier alpha value is 0.270. The Bertz CT molecular complexity index is 29.2. The fourth-order valence-electron chi connectivity index (χ4n) is 0. The molecule has 0 aliphatic heterocycles. The smallest absolute Gasteiger partial charge is 0.855 e. The fraction of sp³-hybridized carbons (Fsp3) is 1.00. The first-order chi connectivity index (χ1) is 2.00. The second kappa shape index (κ2) is 1.16. The molecule has 3 heteroatoms. The maximum absolute atomic E-state index is 9.41. The largest absolute Gasteiger partial charge is 1.00 e. The molecule has 0 atom stereocenters. The Morgan fingerprint density at radius 2 is 1.80 bits per heavy atom. The molecule has 0 aliphatic carbocycles. The second-order valence-electron chi connectivity index (χ2n) is 0.898. The van der Waals surface area contributed by atoms with E-state index in [0.29, 0.717) is 0 Å². The van der Waals surface area contributed by atoms with E-state index in [0.717, 1.165) is 6.92 Å². The van der Waals surface area contributed by atoms with Crippen molar-refractivity contribution < 1.29 is 13.1 Å². The average Bonchev–Trinajstić information content (AvgIpc) is 0.722. The summed E-state index contributed by atoms with van der Waals surface area (Å²) in [5.74, 6) is 0. The van der Waals surface area contributed by atoms with E-state index in [9.17, 15) is 10.2 Å². The lowest BCUT2D eigenvalue weighted by atomic mass is 10.8. The lowest BCUT2D eigenvalue weighted by Gasteiger charge is -2.37.